The van der Waals surface area contributed by atoms with Crippen LogP contribution in [0.25, 0.3) is 0 Å². The summed E-state index contributed by atoms with van der Waals surface area (Å²) in [4.78, 5) is 0. The first kappa shape index (κ1) is 6.20. The Hall–Kier alpha value is -0.920. The monoisotopic (exact) mass is 125 g/mol. The summed E-state index contributed by atoms with van der Waals surface area (Å²) in [6.45, 7) is 4.01. The van der Waals surface area contributed by atoms with E-state index >= 15 is 0 Å². The third-order valence-electron chi connectivity index (χ3n) is 1.42. The van der Waals surface area contributed by atoms with Gasteiger partial charge in [0.1, 0.15) is 5.76 Å². The molecule has 0 saturated heterocycles. The van der Waals surface area contributed by atoms with Crippen LogP contribution in [0.2, 0.25) is 0 Å². The second kappa shape index (κ2) is 2.13. The van der Waals surface area contributed by atoms with Gasteiger partial charge in [0.05, 0.1) is 0 Å². The Morgan fingerprint density at radius 2 is 2.33 bits per heavy atom. The number of aryl methyl sites for hydroxylation is 2. The maximum absolute atomic E-state index is 5.39. The first-order valence-electron chi connectivity index (χ1n) is 3.08. The summed E-state index contributed by atoms with van der Waals surface area (Å²) in [5.74, 6) is 1.46. The highest BCUT2D eigenvalue weighted by molar-refractivity contribution is 5.33. The van der Waals surface area contributed by atoms with Crippen molar-refractivity contribution in [1.29, 1.82) is 0 Å². The Morgan fingerprint density at radius 1 is 1.67 bits per heavy atom. The van der Waals surface area contributed by atoms with E-state index in [0.29, 0.717) is 5.88 Å². The van der Waals surface area contributed by atoms with Gasteiger partial charge in [-0.05, 0) is 18.9 Å². The van der Waals surface area contributed by atoms with Crippen molar-refractivity contribution >= 4 is 5.88 Å². The molecule has 0 saturated carbocycles. The van der Waals surface area contributed by atoms with Gasteiger partial charge in [-0.2, -0.15) is 0 Å². The van der Waals surface area contributed by atoms with E-state index in [1.807, 2.05) is 13.0 Å². The highest BCUT2D eigenvalue weighted by Gasteiger charge is 2.00. The molecule has 1 aromatic heterocycles. The predicted molar refractivity (Wildman–Crippen MR) is 37.2 cm³/mol. The molecule has 0 amide bonds. The molecule has 0 aromatic carbocycles. The van der Waals surface area contributed by atoms with Gasteiger partial charge in [-0.15, -0.1) is 0 Å². The molecule has 0 aliphatic heterocycles. The third-order valence-corrected chi connectivity index (χ3v) is 1.42. The van der Waals surface area contributed by atoms with Gasteiger partial charge in [0.25, 0.3) is 0 Å². The summed E-state index contributed by atoms with van der Waals surface area (Å²) in [5, 5.41) is 0. The molecule has 0 unspecified atom stereocenters. The van der Waals surface area contributed by atoms with Crippen LogP contribution in [0.4, 0.5) is 5.88 Å². The zero-order valence-electron chi connectivity index (χ0n) is 5.77. The van der Waals surface area contributed by atoms with E-state index in [4.69, 9.17) is 10.2 Å². The molecule has 1 rings (SSSR count). The SMILES string of the molecule is CCc1cc(N)oc1C. The molecule has 50 valence electrons. The minimum Gasteiger partial charge on any atom is -0.446 e. The lowest BCUT2D eigenvalue weighted by molar-refractivity contribution is 0.549. The molecule has 0 fully saturated rings. The van der Waals surface area contributed by atoms with Crippen molar-refractivity contribution in [1.82, 2.24) is 0 Å². The van der Waals surface area contributed by atoms with Gasteiger partial charge in [-0.1, -0.05) is 6.92 Å². The number of nitrogen functional groups attached to an aromatic ring is 1. The maximum Gasteiger partial charge on any atom is 0.190 e. The Bertz CT molecular complexity index is 203. The molecule has 0 aliphatic carbocycles. The van der Waals surface area contributed by atoms with Crippen molar-refractivity contribution in [3.8, 4) is 0 Å². The van der Waals surface area contributed by atoms with Gasteiger partial charge in [0, 0.05) is 6.07 Å². The summed E-state index contributed by atoms with van der Waals surface area (Å²) in [7, 11) is 0. The van der Waals surface area contributed by atoms with Crippen LogP contribution in [-0.4, -0.2) is 0 Å². The molecule has 9 heavy (non-hydrogen) atoms. The van der Waals surface area contributed by atoms with Crippen LogP contribution in [0.15, 0.2) is 10.5 Å². The number of rotatable bonds is 1. The van der Waals surface area contributed by atoms with Crippen LogP contribution < -0.4 is 5.73 Å². The Balaban J connectivity index is 3.01. The molecule has 2 N–H and O–H groups in total. The van der Waals surface area contributed by atoms with E-state index in [-0.39, 0.29) is 0 Å². The zero-order valence-corrected chi connectivity index (χ0v) is 5.77. The fraction of sp³-hybridized carbons (Fsp3) is 0.429. The standard InChI is InChI=1S/C7H11NO/c1-3-6-4-7(8)9-5(6)2/h4H,3,8H2,1-2H3. The number of hydrogen-bond acceptors (Lipinski definition) is 2. The summed E-state index contributed by atoms with van der Waals surface area (Å²) in [5.41, 5.74) is 6.59. The van der Waals surface area contributed by atoms with Crippen LogP contribution in [-0.2, 0) is 6.42 Å². The van der Waals surface area contributed by atoms with Gasteiger partial charge >= 0.3 is 0 Å². The summed E-state index contributed by atoms with van der Waals surface area (Å²) >= 11 is 0. The molecule has 0 bridgehead atoms. The van der Waals surface area contributed by atoms with Gasteiger partial charge in [0.2, 0.25) is 0 Å². The van der Waals surface area contributed by atoms with Gasteiger partial charge in [-0.3, -0.25) is 0 Å². The fourth-order valence-electron chi connectivity index (χ4n) is 0.896. The lowest BCUT2D eigenvalue weighted by Crippen LogP contribution is -1.77. The van der Waals surface area contributed by atoms with Crippen molar-refractivity contribution in [3.63, 3.8) is 0 Å². The van der Waals surface area contributed by atoms with Crippen LogP contribution >= 0.6 is 0 Å². The summed E-state index contributed by atoms with van der Waals surface area (Å²) < 4.78 is 5.08. The normalized spacial score (nSPS) is 10.0. The van der Waals surface area contributed by atoms with Crippen molar-refractivity contribution in [2.45, 2.75) is 20.3 Å². The molecular weight excluding hydrogens is 114 g/mol. The number of nitrogens with two attached hydrogens (primary N) is 1. The topological polar surface area (TPSA) is 39.2 Å². The lowest BCUT2D eigenvalue weighted by Gasteiger charge is -1.86. The smallest absolute Gasteiger partial charge is 0.190 e. The average Bonchev–Trinajstić information content (AvgIpc) is 2.10. The van der Waals surface area contributed by atoms with Gasteiger partial charge < -0.3 is 10.2 Å². The number of anilines is 1. The lowest BCUT2D eigenvalue weighted by atomic mass is 10.2. The molecule has 1 aromatic rings. The minimum absolute atomic E-state index is 0.518. The minimum atomic E-state index is 0.518. The van der Waals surface area contributed by atoms with E-state index in [1.165, 1.54) is 5.56 Å². The first-order chi connectivity index (χ1) is 4.24. The van der Waals surface area contributed by atoms with Crippen LogP contribution in [0.1, 0.15) is 18.2 Å². The van der Waals surface area contributed by atoms with E-state index < -0.39 is 0 Å². The third kappa shape index (κ3) is 1.07. The molecule has 1 heterocycles. The number of furan rings is 1. The Morgan fingerprint density at radius 3 is 2.56 bits per heavy atom. The number of hydrogen-bond donors (Lipinski definition) is 1. The highest BCUT2D eigenvalue weighted by Crippen LogP contribution is 2.15. The van der Waals surface area contributed by atoms with E-state index in [0.717, 1.165) is 12.2 Å². The van der Waals surface area contributed by atoms with Crippen molar-refractivity contribution < 1.29 is 4.42 Å². The van der Waals surface area contributed by atoms with Gasteiger partial charge in [-0.25, -0.2) is 0 Å². The zero-order chi connectivity index (χ0) is 6.85. The molecule has 0 aliphatic rings. The summed E-state index contributed by atoms with van der Waals surface area (Å²) in [6.07, 6.45) is 0.993. The molecule has 2 heteroatoms. The highest BCUT2D eigenvalue weighted by atomic mass is 16.3. The van der Waals surface area contributed by atoms with Crippen molar-refractivity contribution in [3.05, 3.63) is 17.4 Å². The molecule has 0 spiro atoms. The maximum atomic E-state index is 5.39. The van der Waals surface area contributed by atoms with Crippen LogP contribution in [0.5, 0.6) is 0 Å². The van der Waals surface area contributed by atoms with Crippen molar-refractivity contribution in [2.75, 3.05) is 5.73 Å². The van der Waals surface area contributed by atoms with Crippen molar-refractivity contribution in [2.24, 2.45) is 0 Å². The largest absolute Gasteiger partial charge is 0.446 e. The molecule has 2 nitrogen and oxygen atoms in total. The second-order valence-electron chi connectivity index (χ2n) is 2.08. The van der Waals surface area contributed by atoms with Crippen LogP contribution in [0, 0.1) is 6.92 Å². The summed E-state index contributed by atoms with van der Waals surface area (Å²) in [6, 6.07) is 1.87. The second-order valence-corrected chi connectivity index (χ2v) is 2.08. The molecular formula is C7H11NO. The average molecular weight is 125 g/mol. The van der Waals surface area contributed by atoms with Crippen LogP contribution in [0.3, 0.4) is 0 Å². The van der Waals surface area contributed by atoms with E-state index in [9.17, 15) is 0 Å². The predicted octanol–water partition coefficient (Wildman–Crippen LogP) is 1.73. The fourth-order valence-corrected chi connectivity index (χ4v) is 0.896. The van der Waals surface area contributed by atoms with E-state index in [2.05, 4.69) is 6.92 Å². The quantitative estimate of drug-likeness (QED) is 0.620. The Labute approximate surface area is 54.7 Å². The molecule has 0 atom stereocenters. The van der Waals surface area contributed by atoms with Gasteiger partial charge in [0.15, 0.2) is 5.88 Å². The molecule has 0 radical (unpaired) electrons. The van der Waals surface area contributed by atoms with E-state index in [1.54, 1.807) is 0 Å². The Kier molecular flexibility index (Phi) is 1.47. The first-order valence-corrected chi connectivity index (χ1v) is 3.08.